The first-order valence-electron chi connectivity index (χ1n) is 11.5. The molecule has 2 unspecified atom stereocenters. The molecule has 6 nitrogen and oxygen atoms in total. The van der Waals surface area contributed by atoms with Gasteiger partial charge in [-0.3, -0.25) is 4.99 Å². The fourth-order valence-electron chi connectivity index (χ4n) is 4.84. The Balaban J connectivity index is 0.00000341. The van der Waals surface area contributed by atoms with Crippen molar-refractivity contribution in [2.24, 2.45) is 16.8 Å². The third-order valence-electron chi connectivity index (χ3n) is 6.66. The summed E-state index contributed by atoms with van der Waals surface area (Å²) >= 11 is 0. The Bertz CT molecular complexity index is 795. The van der Waals surface area contributed by atoms with E-state index in [9.17, 15) is 8.42 Å². The van der Waals surface area contributed by atoms with Crippen LogP contribution < -0.4 is 5.32 Å². The van der Waals surface area contributed by atoms with Gasteiger partial charge in [0.05, 0.1) is 6.26 Å². The highest BCUT2D eigenvalue weighted by Gasteiger charge is 2.31. The Kier molecular flexibility index (Phi) is 10.5. The summed E-state index contributed by atoms with van der Waals surface area (Å²) in [6.45, 7) is 9.35. The summed E-state index contributed by atoms with van der Waals surface area (Å²) < 4.78 is 25.0. The zero-order valence-electron chi connectivity index (χ0n) is 19.2. The molecule has 0 radical (unpaired) electrons. The zero-order valence-corrected chi connectivity index (χ0v) is 22.3. The number of hydrogen-bond donors (Lipinski definition) is 1. The van der Waals surface area contributed by atoms with E-state index in [1.54, 1.807) is 4.31 Å². The molecule has 2 fully saturated rings. The van der Waals surface area contributed by atoms with Crippen LogP contribution in [0.5, 0.6) is 0 Å². The van der Waals surface area contributed by atoms with Crippen molar-refractivity contribution in [3.8, 4) is 0 Å². The third-order valence-corrected chi connectivity index (χ3v) is 7.97. The lowest BCUT2D eigenvalue weighted by Gasteiger charge is -2.40. The second-order valence-corrected chi connectivity index (χ2v) is 10.7. The van der Waals surface area contributed by atoms with Crippen LogP contribution in [0.3, 0.4) is 0 Å². The topological polar surface area (TPSA) is 65.0 Å². The number of hydrogen-bond acceptors (Lipinski definition) is 3. The summed E-state index contributed by atoms with van der Waals surface area (Å²) in [5.41, 5.74) is 1.46. The molecule has 3 rings (SSSR count). The van der Waals surface area contributed by atoms with E-state index < -0.39 is 10.0 Å². The quantitative estimate of drug-likeness (QED) is 0.326. The highest BCUT2D eigenvalue weighted by Crippen LogP contribution is 2.34. The van der Waals surface area contributed by atoms with Crippen molar-refractivity contribution in [3.05, 3.63) is 35.9 Å². The molecule has 2 heterocycles. The van der Waals surface area contributed by atoms with Gasteiger partial charge in [0.1, 0.15) is 0 Å². The van der Waals surface area contributed by atoms with Gasteiger partial charge in [-0.25, -0.2) is 12.7 Å². The number of rotatable bonds is 6. The number of sulfonamides is 1. The van der Waals surface area contributed by atoms with Crippen molar-refractivity contribution >= 4 is 40.0 Å². The average molecular weight is 563 g/mol. The van der Waals surface area contributed by atoms with Crippen LogP contribution in [0, 0.1) is 11.8 Å². The predicted octanol–water partition coefficient (Wildman–Crippen LogP) is 3.76. The van der Waals surface area contributed by atoms with E-state index in [4.69, 9.17) is 4.99 Å². The first-order chi connectivity index (χ1) is 14.4. The number of aliphatic imine (C=N–C) groups is 1. The van der Waals surface area contributed by atoms with Crippen LogP contribution in [0.25, 0.3) is 0 Å². The minimum absolute atomic E-state index is 0. The van der Waals surface area contributed by atoms with Crippen LogP contribution in [0.4, 0.5) is 0 Å². The second kappa shape index (κ2) is 12.4. The molecule has 0 bridgehead atoms. The second-order valence-electron chi connectivity index (χ2n) is 8.72. The molecule has 31 heavy (non-hydrogen) atoms. The number of piperidine rings is 2. The Morgan fingerprint density at radius 3 is 2.35 bits per heavy atom. The Morgan fingerprint density at radius 1 is 1.10 bits per heavy atom. The molecular formula is C23H39IN4O2S. The van der Waals surface area contributed by atoms with Gasteiger partial charge in [-0.15, -0.1) is 24.0 Å². The summed E-state index contributed by atoms with van der Waals surface area (Å²) in [4.78, 5) is 7.41. The lowest BCUT2D eigenvalue weighted by Crippen LogP contribution is -2.48. The molecule has 8 heteroatoms. The molecular weight excluding hydrogens is 523 g/mol. The molecule has 2 saturated heterocycles. The van der Waals surface area contributed by atoms with Crippen molar-refractivity contribution in [2.75, 3.05) is 45.5 Å². The molecule has 1 N–H and O–H groups in total. The molecule has 0 saturated carbocycles. The van der Waals surface area contributed by atoms with Crippen molar-refractivity contribution in [2.45, 2.75) is 45.4 Å². The smallest absolute Gasteiger partial charge is 0.211 e. The van der Waals surface area contributed by atoms with Gasteiger partial charge in [-0.2, -0.15) is 0 Å². The monoisotopic (exact) mass is 562 g/mol. The van der Waals surface area contributed by atoms with Crippen LogP contribution in [0.15, 0.2) is 35.3 Å². The van der Waals surface area contributed by atoms with E-state index in [0.717, 1.165) is 51.4 Å². The maximum absolute atomic E-state index is 11.7. The maximum atomic E-state index is 11.7. The van der Waals surface area contributed by atoms with Crippen LogP contribution in [0.2, 0.25) is 0 Å². The minimum atomic E-state index is -3.07. The largest absolute Gasteiger partial charge is 0.357 e. The van der Waals surface area contributed by atoms with E-state index in [0.29, 0.717) is 30.8 Å². The number of likely N-dealkylation sites (tertiary alicyclic amines) is 1. The maximum Gasteiger partial charge on any atom is 0.211 e. The van der Waals surface area contributed by atoms with Crippen molar-refractivity contribution in [1.82, 2.24) is 14.5 Å². The highest BCUT2D eigenvalue weighted by atomic mass is 127. The summed E-state index contributed by atoms with van der Waals surface area (Å²) in [5.74, 6) is 2.73. The van der Waals surface area contributed by atoms with Gasteiger partial charge in [0.15, 0.2) is 5.96 Å². The van der Waals surface area contributed by atoms with E-state index >= 15 is 0 Å². The summed E-state index contributed by atoms with van der Waals surface area (Å²) in [5, 5.41) is 3.49. The van der Waals surface area contributed by atoms with Gasteiger partial charge < -0.3 is 10.2 Å². The Morgan fingerprint density at radius 2 is 1.77 bits per heavy atom. The molecule has 0 amide bonds. The van der Waals surface area contributed by atoms with Gasteiger partial charge in [-0.1, -0.05) is 43.7 Å². The SMILES string of the molecule is CCNC(=NCC1CCN(S(C)(=O)=O)CC1)N1CCC(c2ccccc2)C(CC)C1.I. The normalized spacial score (nSPS) is 24.0. The fourth-order valence-corrected chi connectivity index (χ4v) is 5.72. The molecule has 2 aliphatic rings. The number of benzene rings is 1. The first-order valence-corrected chi connectivity index (χ1v) is 13.3. The molecule has 0 aromatic heterocycles. The van der Waals surface area contributed by atoms with E-state index in [2.05, 4.69) is 54.4 Å². The predicted molar refractivity (Wildman–Crippen MR) is 140 cm³/mol. The minimum Gasteiger partial charge on any atom is -0.357 e. The van der Waals surface area contributed by atoms with Gasteiger partial charge in [0, 0.05) is 39.3 Å². The first kappa shape index (κ1) is 26.4. The molecule has 1 aromatic rings. The summed E-state index contributed by atoms with van der Waals surface area (Å²) in [6, 6.07) is 10.9. The van der Waals surface area contributed by atoms with Crippen molar-refractivity contribution in [1.29, 1.82) is 0 Å². The zero-order chi connectivity index (χ0) is 21.6. The molecule has 2 aliphatic heterocycles. The van der Waals surface area contributed by atoms with Crippen LogP contribution in [0.1, 0.15) is 51.0 Å². The molecule has 176 valence electrons. The van der Waals surface area contributed by atoms with Gasteiger partial charge in [0.25, 0.3) is 0 Å². The molecule has 2 atom stereocenters. The van der Waals surface area contributed by atoms with Gasteiger partial charge in [-0.05, 0) is 49.5 Å². The van der Waals surface area contributed by atoms with Gasteiger partial charge in [0.2, 0.25) is 10.0 Å². The molecule has 0 spiro atoms. The Hall–Kier alpha value is -0.870. The van der Waals surface area contributed by atoms with Crippen LogP contribution in [-0.4, -0.2) is 69.1 Å². The van der Waals surface area contributed by atoms with Crippen LogP contribution in [-0.2, 0) is 10.0 Å². The van der Waals surface area contributed by atoms with Crippen molar-refractivity contribution in [3.63, 3.8) is 0 Å². The number of halogens is 1. The fraction of sp³-hybridized carbons (Fsp3) is 0.696. The Labute approximate surface area is 205 Å². The lowest BCUT2D eigenvalue weighted by atomic mass is 9.79. The van der Waals surface area contributed by atoms with E-state index in [1.807, 2.05) is 0 Å². The van der Waals surface area contributed by atoms with Crippen LogP contribution >= 0.6 is 24.0 Å². The van der Waals surface area contributed by atoms with E-state index in [1.165, 1.54) is 18.2 Å². The number of guanidine groups is 1. The van der Waals surface area contributed by atoms with Gasteiger partial charge >= 0.3 is 0 Å². The molecule has 1 aromatic carbocycles. The number of nitrogens with zero attached hydrogens (tertiary/aromatic N) is 3. The third kappa shape index (κ3) is 7.32. The lowest BCUT2D eigenvalue weighted by molar-refractivity contribution is 0.214. The summed E-state index contributed by atoms with van der Waals surface area (Å²) in [7, 11) is -3.07. The van der Waals surface area contributed by atoms with E-state index in [-0.39, 0.29) is 24.0 Å². The number of nitrogens with one attached hydrogen (secondary N) is 1. The standard InChI is InChI=1S/C23H38N4O2S.HI/c1-4-20-18-26(14-13-22(20)21-9-7-6-8-10-21)23(24-5-2)25-17-19-11-15-27(16-12-19)30(3,28)29;/h6-10,19-20,22H,4-5,11-18H2,1-3H3,(H,24,25);1H. The highest BCUT2D eigenvalue weighted by molar-refractivity contribution is 14.0. The average Bonchev–Trinajstić information content (AvgIpc) is 2.76. The summed E-state index contributed by atoms with van der Waals surface area (Å²) in [6.07, 6.45) is 5.41. The molecule has 0 aliphatic carbocycles. The van der Waals surface area contributed by atoms with Crippen molar-refractivity contribution < 1.29 is 8.42 Å².